The summed E-state index contributed by atoms with van der Waals surface area (Å²) in [5, 5.41) is 0. The first-order valence-electron chi connectivity index (χ1n) is 4.80. The number of primary amides is 1. The van der Waals surface area contributed by atoms with Gasteiger partial charge in [0.05, 0.1) is 12.2 Å². The number of fused-ring (bicyclic) bond motifs is 1. The standard InChI is InChI=1S/C10H15NO2/c1-6(10(11)12)4-7-2-3-8-9(5-7)13-8/h4,7-9H,2-3,5H2,1H3,(H2,11,12)/b6-4+. The number of carbonyl (C=O) groups is 1. The molecular formula is C10H15NO2. The molecule has 0 aromatic heterocycles. The van der Waals surface area contributed by atoms with Gasteiger partial charge in [0.2, 0.25) is 5.91 Å². The van der Waals surface area contributed by atoms with Crippen molar-refractivity contribution in [1.29, 1.82) is 0 Å². The molecule has 13 heavy (non-hydrogen) atoms. The lowest BCUT2D eigenvalue weighted by molar-refractivity contribution is -0.114. The molecule has 1 aliphatic carbocycles. The molecule has 0 bridgehead atoms. The van der Waals surface area contributed by atoms with Gasteiger partial charge in [-0.15, -0.1) is 0 Å². The molecule has 2 fully saturated rings. The van der Waals surface area contributed by atoms with Crippen molar-refractivity contribution in [3.63, 3.8) is 0 Å². The Balaban J connectivity index is 1.93. The van der Waals surface area contributed by atoms with Gasteiger partial charge in [-0.1, -0.05) is 6.08 Å². The Kier molecular flexibility index (Phi) is 2.12. The van der Waals surface area contributed by atoms with Crippen molar-refractivity contribution >= 4 is 5.91 Å². The van der Waals surface area contributed by atoms with Crippen molar-refractivity contribution in [2.24, 2.45) is 11.7 Å². The van der Waals surface area contributed by atoms with Crippen molar-refractivity contribution in [3.05, 3.63) is 11.6 Å². The fourth-order valence-corrected chi connectivity index (χ4v) is 2.02. The van der Waals surface area contributed by atoms with Crippen LogP contribution in [0.25, 0.3) is 0 Å². The largest absolute Gasteiger partial charge is 0.370 e. The smallest absolute Gasteiger partial charge is 0.244 e. The second-order valence-corrected chi connectivity index (χ2v) is 4.00. The van der Waals surface area contributed by atoms with E-state index in [2.05, 4.69) is 0 Å². The third-order valence-corrected chi connectivity index (χ3v) is 2.92. The molecule has 2 aliphatic rings. The van der Waals surface area contributed by atoms with Gasteiger partial charge in [-0.05, 0) is 32.1 Å². The summed E-state index contributed by atoms with van der Waals surface area (Å²) in [6.45, 7) is 1.78. The molecule has 0 aromatic rings. The summed E-state index contributed by atoms with van der Waals surface area (Å²) in [5.74, 6) is 0.190. The molecule has 0 spiro atoms. The van der Waals surface area contributed by atoms with Crippen molar-refractivity contribution < 1.29 is 9.53 Å². The van der Waals surface area contributed by atoms with Crippen LogP contribution in [-0.4, -0.2) is 18.1 Å². The minimum Gasteiger partial charge on any atom is -0.370 e. The Morgan fingerprint density at radius 3 is 2.85 bits per heavy atom. The zero-order valence-corrected chi connectivity index (χ0v) is 7.82. The van der Waals surface area contributed by atoms with Gasteiger partial charge >= 0.3 is 0 Å². The fourth-order valence-electron chi connectivity index (χ4n) is 2.02. The van der Waals surface area contributed by atoms with E-state index in [9.17, 15) is 4.79 Å². The Morgan fingerprint density at radius 1 is 1.46 bits per heavy atom. The summed E-state index contributed by atoms with van der Waals surface area (Å²) >= 11 is 0. The highest BCUT2D eigenvalue weighted by Crippen LogP contribution is 2.40. The van der Waals surface area contributed by atoms with Crippen LogP contribution < -0.4 is 5.73 Å². The van der Waals surface area contributed by atoms with E-state index in [1.165, 1.54) is 0 Å². The molecule has 2 rings (SSSR count). The molecule has 1 amide bonds. The molecule has 3 nitrogen and oxygen atoms in total. The quantitative estimate of drug-likeness (QED) is 0.510. The van der Waals surface area contributed by atoms with Crippen LogP contribution >= 0.6 is 0 Å². The average Bonchev–Trinajstić information content (AvgIpc) is 2.81. The normalized spacial score (nSPS) is 38.2. The first kappa shape index (κ1) is 8.75. The molecule has 0 radical (unpaired) electrons. The summed E-state index contributed by atoms with van der Waals surface area (Å²) in [7, 11) is 0. The van der Waals surface area contributed by atoms with Gasteiger partial charge < -0.3 is 10.5 Å². The molecule has 2 N–H and O–H groups in total. The topological polar surface area (TPSA) is 55.6 Å². The van der Waals surface area contributed by atoms with Gasteiger partial charge in [-0.25, -0.2) is 0 Å². The number of ether oxygens (including phenoxy) is 1. The van der Waals surface area contributed by atoms with Crippen LogP contribution in [-0.2, 0) is 9.53 Å². The molecule has 1 saturated heterocycles. The highest BCUT2D eigenvalue weighted by molar-refractivity contribution is 5.91. The summed E-state index contributed by atoms with van der Waals surface area (Å²) < 4.78 is 5.40. The molecule has 1 saturated carbocycles. The lowest BCUT2D eigenvalue weighted by Gasteiger charge is -2.15. The average molecular weight is 181 g/mol. The van der Waals surface area contributed by atoms with Gasteiger partial charge in [0.1, 0.15) is 0 Å². The van der Waals surface area contributed by atoms with E-state index in [1.54, 1.807) is 6.92 Å². The molecule has 3 heteroatoms. The maximum absolute atomic E-state index is 10.8. The lowest BCUT2D eigenvalue weighted by atomic mass is 9.88. The molecule has 3 unspecified atom stereocenters. The Hall–Kier alpha value is -0.830. The number of hydrogen-bond donors (Lipinski definition) is 1. The lowest BCUT2D eigenvalue weighted by Crippen LogP contribution is -2.16. The number of hydrogen-bond acceptors (Lipinski definition) is 2. The summed E-state index contributed by atoms with van der Waals surface area (Å²) in [6.07, 6.45) is 6.33. The monoisotopic (exact) mass is 181 g/mol. The highest BCUT2D eigenvalue weighted by Gasteiger charge is 2.43. The Bertz CT molecular complexity index is 260. The van der Waals surface area contributed by atoms with Crippen molar-refractivity contribution in [2.45, 2.75) is 38.4 Å². The van der Waals surface area contributed by atoms with Crippen LogP contribution in [0.1, 0.15) is 26.2 Å². The van der Waals surface area contributed by atoms with Crippen molar-refractivity contribution in [3.8, 4) is 0 Å². The third kappa shape index (κ3) is 1.91. The third-order valence-electron chi connectivity index (χ3n) is 2.92. The van der Waals surface area contributed by atoms with Crippen LogP contribution in [0.2, 0.25) is 0 Å². The predicted molar refractivity (Wildman–Crippen MR) is 49.0 cm³/mol. The highest BCUT2D eigenvalue weighted by atomic mass is 16.6. The molecular weight excluding hydrogens is 166 g/mol. The van der Waals surface area contributed by atoms with Crippen LogP contribution in [0.15, 0.2) is 11.6 Å². The summed E-state index contributed by atoms with van der Waals surface area (Å²) in [5.41, 5.74) is 5.84. The number of amides is 1. The second kappa shape index (κ2) is 3.14. The Morgan fingerprint density at radius 2 is 2.23 bits per heavy atom. The van der Waals surface area contributed by atoms with E-state index in [1.807, 2.05) is 6.08 Å². The first-order valence-corrected chi connectivity index (χ1v) is 4.80. The molecule has 1 aliphatic heterocycles. The maximum Gasteiger partial charge on any atom is 0.244 e. The molecule has 1 heterocycles. The van der Waals surface area contributed by atoms with Crippen LogP contribution in [0.5, 0.6) is 0 Å². The van der Waals surface area contributed by atoms with Crippen LogP contribution in [0.4, 0.5) is 0 Å². The predicted octanol–water partition coefficient (Wildman–Crippen LogP) is 0.986. The minimum absolute atomic E-state index is 0.307. The van der Waals surface area contributed by atoms with E-state index >= 15 is 0 Å². The van der Waals surface area contributed by atoms with Crippen molar-refractivity contribution in [1.82, 2.24) is 0 Å². The van der Waals surface area contributed by atoms with E-state index in [4.69, 9.17) is 10.5 Å². The number of epoxide rings is 1. The van der Waals surface area contributed by atoms with Crippen LogP contribution in [0.3, 0.4) is 0 Å². The Labute approximate surface area is 77.9 Å². The zero-order chi connectivity index (χ0) is 9.42. The van der Waals surface area contributed by atoms with Crippen molar-refractivity contribution in [2.75, 3.05) is 0 Å². The van der Waals surface area contributed by atoms with E-state index in [-0.39, 0.29) is 5.91 Å². The molecule has 0 aromatic carbocycles. The summed E-state index contributed by atoms with van der Waals surface area (Å²) in [6, 6.07) is 0. The first-order chi connectivity index (χ1) is 6.16. The number of rotatable bonds is 2. The molecule has 72 valence electrons. The second-order valence-electron chi connectivity index (χ2n) is 4.00. The van der Waals surface area contributed by atoms with Crippen LogP contribution in [0, 0.1) is 5.92 Å². The fraction of sp³-hybridized carbons (Fsp3) is 0.700. The van der Waals surface area contributed by atoms with E-state index < -0.39 is 0 Å². The van der Waals surface area contributed by atoms with Gasteiger partial charge in [-0.2, -0.15) is 0 Å². The summed E-state index contributed by atoms with van der Waals surface area (Å²) in [4.78, 5) is 10.8. The van der Waals surface area contributed by atoms with Gasteiger partial charge in [-0.3, -0.25) is 4.79 Å². The number of allylic oxidation sites excluding steroid dienone is 1. The zero-order valence-electron chi connectivity index (χ0n) is 7.82. The van der Waals surface area contributed by atoms with Gasteiger partial charge in [0.15, 0.2) is 0 Å². The SMILES string of the molecule is C/C(=C\C1CCC2OC2C1)C(N)=O. The number of carbonyl (C=O) groups excluding carboxylic acids is 1. The minimum atomic E-state index is -0.307. The van der Waals surface area contributed by atoms with E-state index in [0.29, 0.717) is 23.7 Å². The van der Waals surface area contributed by atoms with E-state index in [0.717, 1.165) is 19.3 Å². The van der Waals surface area contributed by atoms with Gasteiger partial charge in [0, 0.05) is 5.57 Å². The van der Waals surface area contributed by atoms with Gasteiger partial charge in [0.25, 0.3) is 0 Å². The molecule has 3 atom stereocenters. The maximum atomic E-state index is 10.8. The number of nitrogens with two attached hydrogens (primary N) is 1.